The molecule has 0 bridgehead atoms. The molecular weight excluding hydrogens is 241 g/mol. The lowest BCUT2D eigenvalue weighted by Gasteiger charge is -2.57. The Morgan fingerprint density at radius 3 is 2.33 bits per heavy atom. The van der Waals surface area contributed by atoms with Gasteiger partial charge in [0.25, 0.3) is 0 Å². The Hall–Kier alpha value is -1.39. The van der Waals surface area contributed by atoms with E-state index in [-0.39, 0.29) is 5.69 Å². The lowest BCUT2D eigenvalue weighted by Crippen LogP contribution is -2.59. The molecule has 2 N–H and O–H groups in total. The summed E-state index contributed by atoms with van der Waals surface area (Å²) in [5.74, 6) is 0. The van der Waals surface area contributed by atoms with Crippen LogP contribution in [0, 0.1) is 5.41 Å². The van der Waals surface area contributed by atoms with E-state index in [1.165, 1.54) is 31.4 Å². The van der Waals surface area contributed by atoms with Gasteiger partial charge in [-0.25, -0.2) is 0 Å². The van der Waals surface area contributed by atoms with Crippen molar-refractivity contribution in [3.8, 4) is 0 Å². The molecule has 1 heterocycles. The number of anilines is 2. The van der Waals surface area contributed by atoms with E-state index in [1.807, 2.05) is 4.90 Å². The normalized spacial score (nSPS) is 21.6. The van der Waals surface area contributed by atoms with E-state index in [0.717, 1.165) is 13.1 Å². The van der Waals surface area contributed by atoms with Crippen molar-refractivity contribution in [1.29, 1.82) is 0 Å². The molecule has 0 atom stereocenters. The fourth-order valence-electron chi connectivity index (χ4n) is 2.93. The van der Waals surface area contributed by atoms with Crippen LogP contribution < -0.4 is 10.6 Å². The van der Waals surface area contributed by atoms with Crippen molar-refractivity contribution < 1.29 is 13.2 Å². The second-order valence-electron chi connectivity index (χ2n) is 5.48. The fraction of sp³-hybridized carbons (Fsp3) is 0.538. The summed E-state index contributed by atoms with van der Waals surface area (Å²) in [5, 5.41) is 0. The number of nitrogens with zero attached hydrogens (tertiary/aromatic N) is 1. The summed E-state index contributed by atoms with van der Waals surface area (Å²) < 4.78 is 38.2. The summed E-state index contributed by atoms with van der Waals surface area (Å²) in [6, 6.07) is 4.20. The van der Waals surface area contributed by atoms with Gasteiger partial charge in [0.15, 0.2) is 0 Å². The highest BCUT2D eigenvalue weighted by Crippen LogP contribution is 2.50. The van der Waals surface area contributed by atoms with E-state index in [2.05, 4.69) is 0 Å². The van der Waals surface area contributed by atoms with Gasteiger partial charge in [-0.05, 0) is 31.0 Å². The molecule has 1 saturated heterocycles. The second kappa shape index (κ2) is 3.56. The minimum absolute atomic E-state index is 0.204. The van der Waals surface area contributed by atoms with Gasteiger partial charge in [0.05, 0.1) is 5.56 Å². The minimum atomic E-state index is -4.38. The second-order valence-corrected chi connectivity index (χ2v) is 5.48. The Balaban J connectivity index is 1.82. The van der Waals surface area contributed by atoms with Crippen molar-refractivity contribution in [1.82, 2.24) is 0 Å². The van der Waals surface area contributed by atoms with Crippen LogP contribution in [-0.2, 0) is 6.18 Å². The maximum atomic E-state index is 12.7. The van der Waals surface area contributed by atoms with E-state index >= 15 is 0 Å². The third-order valence-electron chi connectivity index (χ3n) is 4.17. The first-order valence-electron chi connectivity index (χ1n) is 6.11. The van der Waals surface area contributed by atoms with E-state index < -0.39 is 11.7 Å². The fourth-order valence-corrected chi connectivity index (χ4v) is 2.93. The first-order valence-corrected chi connectivity index (χ1v) is 6.11. The van der Waals surface area contributed by atoms with E-state index in [1.54, 1.807) is 6.07 Å². The van der Waals surface area contributed by atoms with Crippen molar-refractivity contribution >= 4 is 11.4 Å². The molecule has 0 amide bonds. The summed E-state index contributed by atoms with van der Waals surface area (Å²) in [4.78, 5) is 2.01. The number of nitrogens with two attached hydrogens (primary N) is 1. The molecule has 5 heteroatoms. The van der Waals surface area contributed by atoms with E-state index in [0.29, 0.717) is 11.1 Å². The van der Waals surface area contributed by atoms with Gasteiger partial charge in [-0.3, -0.25) is 0 Å². The van der Waals surface area contributed by atoms with Crippen LogP contribution in [0.2, 0.25) is 0 Å². The molecule has 2 fully saturated rings. The number of nitrogen functional groups attached to an aromatic ring is 1. The number of halogens is 3. The van der Waals surface area contributed by atoms with Gasteiger partial charge in [-0.2, -0.15) is 13.2 Å². The average Bonchev–Trinajstić information content (AvgIpc) is 2.14. The molecule has 2 nitrogen and oxygen atoms in total. The maximum Gasteiger partial charge on any atom is 0.418 e. The van der Waals surface area contributed by atoms with Crippen molar-refractivity contribution in [3.63, 3.8) is 0 Å². The maximum absolute atomic E-state index is 12.7. The molecule has 1 aliphatic heterocycles. The zero-order valence-corrected chi connectivity index (χ0v) is 9.93. The standard InChI is InChI=1S/C13H15F3N2/c14-13(15,16)10-6-9(2-3-11(10)17)18-7-12(8-18)4-1-5-12/h2-3,6H,1,4-5,7-8,17H2. The smallest absolute Gasteiger partial charge is 0.398 e. The molecule has 0 radical (unpaired) electrons. The highest BCUT2D eigenvalue weighted by molar-refractivity contribution is 5.61. The predicted octanol–water partition coefficient (Wildman–Crippen LogP) is 3.28. The van der Waals surface area contributed by atoms with Crippen LogP contribution in [0.1, 0.15) is 24.8 Å². The van der Waals surface area contributed by atoms with E-state index in [4.69, 9.17) is 5.73 Å². The number of rotatable bonds is 1. The Morgan fingerprint density at radius 2 is 1.83 bits per heavy atom. The highest BCUT2D eigenvalue weighted by atomic mass is 19.4. The Bertz CT molecular complexity index is 470. The molecule has 1 saturated carbocycles. The Morgan fingerprint density at radius 1 is 1.17 bits per heavy atom. The monoisotopic (exact) mass is 256 g/mol. The molecule has 0 unspecified atom stereocenters. The summed E-state index contributed by atoms with van der Waals surface area (Å²) in [7, 11) is 0. The van der Waals surface area contributed by atoms with Gasteiger partial charge in [-0.15, -0.1) is 0 Å². The van der Waals surface area contributed by atoms with Crippen molar-refractivity contribution in [2.24, 2.45) is 5.41 Å². The summed E-state index contributed by atoms with van der Waals surface area (Å²) in [5.41, 5.74) is 5.49. The van der Waals surface area contributed by atoms with Gasteiger partial charge in [0.2, 0.25) is 0 Å². The van der Waals surface area contributed by atoms with E-state index in [9.17, 15) is 13.2 Å². The lowest BCUT2D eigenvalue weighted by atomic mass is 9.63. The van der Waals surface area contributed by atoms with Gasteiger partial charge < -0.3 is 10.6 Å². The van der Waals surface area contributed by atoms with Crippen LogP contribution >= 0.6 is 0 Å². The number of hydrogen-bond acceptors (Lipinski definition) is 2. The topological polar surface area (TPSA) is 29.3 Å². The van der Waals surface area contributed by atoms with Gasteiger partial charge in [0, 0.05) is 29.9 Å². The molecule has 98 valence electrons. The quantitative estimate of drug-likeness (QED) is 0.781. The molecule has 0 aromatic heterocycles. The Kier molecular flexibility index (Phi) is 2.31. The first-order chi connectivity index (χ1) is 8.40. The van der Waals surface area contributed by atoms with Crippen LogP contribution in [0.15, 0.2) is 18.2 Å². The molecule has 3 rings (SSSR count). The molecule has 2 aliphatic rings. The molecular formula is C13H15F3N2. The van der Waals surface area contributed by atoms with Crippen LogP contribution in [0.25, 0.3) is 0 Å². The van der Waals surface area contributed by atoms with Gasteiger partial charge in [0.1, 0.15) is 0 Å². The summed E-state index contributed by atoms with van der Waals surface area (Å²) in [6.45, 7) is 1.77. The number of benzene rings is 1. The average molecular weight is 256 g/mol. The third kappa shape index (κ3) is 1.72. The van der Waals surface area contributed by atoms with Crippen molar-refractivity contribution in [2.45, 2.75) is 25.4 Å². The molecule has 1 aliphatic carbocycles. The zero-order valence-electron chi connectivity index (χ0n) is 9.93. The van der Waals surface area contributed by atoms with Crippen molar-refractivity contribution in [3.05, 3.63) is 23.8 Å². The van der Waals surface area contributed by atoms with Gasteiger partial charge >= 0.3 is 6.18 Å². The Labute approximate surface area is 104 Å². The largest absolute Gasteiger partial charge is 0.418 e. The highest BCUT2D eigenvalue weighted by Gasteiger charge is 2.47. The molecule has 1 aromatic rings. The van der Waals surface area contributed by atoms with Crippen molar-refractivity contribution in [2.75, 3.05) is 23.7 Å². The predicted molar refractivity (Wildman–Crippen MR) is 64.4 cm³/mol. The first kappa shape index (κ1) is 11.7. The number of hydrogen-bond donors (Lipinski definition) is 1. The van der Waals surface area contributed by atoms with Crippen LogP contribution in [0.5, 0.6) is 0 Å². The van der Waals surface area contributed by atoms with Gasteiger partial charge in [-0.1, -0.05) is 6.42 Å². The molecule has 18 heavy (non-hydrogen) atoms. The minimum Gasteiger partial charge on any atom is -0.398 e. The third-order valence-corrected chi connectivity index (χ3v) is 4.17. The number of alkyl halides is 3. The zero-order chi connectivity index (χ0) is 13.0. The summed E-state index contributed by atoms with van der Waals surface area (Å²) >= 11 is 0. The molecule has 1 spiro atoms. The van der Waals surface area contributed by atoms with Crippen LogP contribution in [0.3, 0.4) is 0 Å². The van der Waals surface area contributed by atoms with Crippen LogP contribution in [-0.4, -0.2) is 13.1 Å². The summed E-state index contributed by atoms with van der Waals surface area (Å²) in [6.07, 6.45) is -0.697. The van der Waals surface area contributed by atoms with Crippen LogP contribution in [0.4, 0.5) is 24.5 Å². The lowest BCUT2D eigenvalue weighted by molar-refractivity contribution is -0.136. The SMILES string of the molecule is Nc1ccc(N2CC3(CCC3)C2)cc1C(F)(F)F. The molecule has 1 aromatic carbocycles.